The van der Waals surface area contributed by atoms with Gasteiger partial charge in [0.1, 0.15) is 12.3 Å². The lowest BCUT2D eigenvalue weighted by molar-refractivity contribution is -0.119. The Morgan fingerprint density at radius 3 is 2.31 bits per heavy atom. The number of anilines is 1. The molecular weight excluding hydrogens is 444 g/mol. The van der Waals surface area contributed by atoms with E-state index < -0.39 is 17.8 Å². The van der Waals surface area contributed by atoms with Crippen LogP contribution in [0.25, 0.3) is 16.7 Å². The average molecular weight is 473 g/mol. The molecule has 0 saturated carbocycles. The first-order valence-corrected chi connectivity index (χ1v) is 11.5. The number of ether oxygens (including phenoxy) is 1. The SMILES string of the molecule is CCN(C(=O)Cn1c(=O)c2cccnc2n(-c2ccc(OC)cc2)c1=O)c1ccc(C(C)C)cc1. The number of rotatable bonds is 7. The topological polar surface area (TPSA) is 86.4 Å². The minimum absolute atomic E-state index is 0.230. The molecule has 0 atom stereocenters. The number of nitrogens with zero attached hydrogens (tertiary/aromatic N) is 4. The molecule has 0 N–H and O–H groups in total. The van der Waals surface area contributed by atoms with Gasteiger partial charge in [0.2, 0.25) is 5.91 Å². The van der Waals surface area contributed by atoms with Gasteiger partial charge in [0, 0.05) is 18.4 Å². The zero-order valence-corrected chi connectivity index (χ0v) is 20.3. The maximum Gasteiger partial charge on any atom is 0.337 e. The van der Waals surface area contributed by atoms with E-state index in [1.807, 2.05) is 31.2 Å². The second-order valence-electron chi connectivity index (χ2n) is 8.47. The third-order valence-electron chi connectivity index (χ3n) is 6.01. The molecule has 180 valence electrons. The molecule has 0 spiro atoms. The molecule has 4 aromatic rings. The van der Waals surface area contributed by atoms with Crippen molar-refractivity contribution in [1.29, 1.82) is 0 Å². The second kappa shape index (κ2) is 9.97. The molecule has 35 heavy (non-hydrogen) atoms. The van der Waals surface area contributed by atoms with Crippen molar-refractivity contribution >= 4 is 22.6 Å². The molecule has 2 aromatic heterocycles. The third kappa shape index (κ3) is 4.59. The van der Waals surface area contributed by atoms with Gasteiger partial charge in [-0.2, -0.15) is 0 Å². The van der Waals surface area contributed by atoms with Crippen LogP contribution in [0.4, 0.5) is 5.69 Å². The monoisotopic (exact) mass is 472 g/mol. The lowest BCUT2D eigenvalue weighted by atomic mass is 10.0. The molecule has 0 saturated heterocycles. The maximum atomic E-state index is 13.5. The van der Waals surface area contributed by atoms with Gasteiger partial charge < -0.3 is 9.64 Å². The highest BCUT2D eigenvalue weighted by Gasteiger charge is 2.21. The number of hydrogen-bond donors (Lipinski definition) is 0. The molecule has 0 aliphatic carbocycles. The smallest absolute Gasteiger partial charge is 0.337 e. The summed E-state index contributed by atoms with van der Waals surface area (Å²) >= 11 is 0. The zero-order valence-electron chi connectivity index (χ0n) is 20.3. The van der Waals surface area contributed by atoms with E-state index in [2.05, 4.69) is 18.8 Å². The Labute approximate surface area is 203 Å². The van der Waals surface area contributed by atoms with Crippen molar-refractivity contribution in [2.45, 2.75) is 33.2 Å². The van der Waals surface area contributed by atoms with Crippen molar-refractivity contribution in [3.63, 3.8) is 0 Å². The second-order valence-corrected chi connectivity index (χ2v) is 8.47. The Morgan fingerprint density at radius 2 is 1.71 bits per heavy atom. The lowest BCUT2D eigenvalue weighted by Gasteiger charge is -2.22. The molecule has 4 rings (SSSR count). The largest absolute Gasteiger partial charge is 0.497 e. The van der Waals surface area contributed by atoms with E-state index in [4.69, 9.17) is 4.74 Å². The van der Waals surface area contributed by atoms with Gasteiger partial charge in [-0.05, 0) is 66.9 Å². The van der Waals surface area contributed by atoms with Gasteiger partial charge in [0.25, 0.3) is 5.56 Å². The molecule has 0 aliphatic heterocycles. The highest BCUT2D eigenvalue weighted by molar-refractivity contribution is 5.93. The number of carbonyl (C=O) groups is 1. The van der Waals surface area contributed by atoms with Crippen molar-refractivity contribution in [2.75, 3.05) is 18.6 Å². The van der Waals surface area contributed by atoms with Crippen LogP contribution >= 0.6 is 0 Å². The van der Waals surface area contributed by atoms with E-state index in [-0.39, 0.29) is 16.9 Å². The number of aromatic nitrogens is 3. The van der Waals surface area contributed by atoms with Gasteiger partial charge in [0.05, 0.1) is 18.2 Å². The summed E-state index contributed by atoms with van der Waals surface area (Å²) in [4.78, 5) is 46.0. The first kappa shape index (κ1) is 23.9. The van der Waals surface area contributed by atoms with Crippen molar-refractivity contribution in [2.24, 2.45) is 0 Å². The fourth-order valence-electron chi connectivity index (χ4n) is 4.05. The van der Waals surface area contributed by atoms with Gasteiger partial charge in [-0.15, -0.1) is 0 Å². The van der Waals surface area contributed by atoms with Gasteiger partial charge >= 0.3 is 5.69 Å². The van der Waals surface area contributed by atoms with E-state index in [0.717, 1.165) is 10.1 Å². The first-order chi connectivity index (χ1) is 16.8. The van der Waals surface area contributed by atoms with Crippen LogP contribution in [0.15, 0.2) is 76.4 Å². The number of fused-ring (bicyclic) bond motifs is 1. The van der Waals surface area contributed by atoms with Crippen LogP contribution in [0.5, 0.6) is 5.75 Å². The summed E-state index contributed by atoms with van der Waals surface area (Å²) in [6, 6.07) is 17.8. The molecule has 1 amide bonds. The van der Waals surface area contributed by atoms with Crippen LogP contribution in [0.2, 0.25) is 0 Å². The zero-order chi connectivity index (χ0) is 25.1. The molecular formula is C27H28N4O4. The Kier molecular flexibility index (Phi) is 6.82. The van der Waals surface area contributed by atoms with E-state index >= 15 is 0 Å². The quantitative estimate of drug-likeness (QED) is 0.409. The standard InChI is InChI=1S/C27H28N4O4/c1-5-29(20-10-8-19(9-11-20)18(2)3)24(32)17-30-26(33)23-7-6-16-28-25(23)31(27(30)34)21-12-14-22(35-4)15-13-21/h6-16,18H,5,17H2,1-4H3. The lowest BCUT2D eigenvalue weighted by Crippen LogP contribution is -2.44. The third-order valence-corrected chi connectivity index (χ3v) is 6.01. The number of amides is 1. The Hall–Kier alpha value is -4.20. The number of likely N-dealkylation sites (N-methyl/N-ethyl adjacent to an activating group) is 1. The minimum atomic E-state index is -0.633. The summed E-state index contributed by atoms with van der Waals surface area (Å²) in [7, 11) is 1.56. The first-order valence-electron chi connectivity index (χ1n) is 11.5. The van der Waals surface area contributed by atoms with Gasteiger partial charge in [-0.25, -0.2) is 18.9 Å². The number of benzene rings is 2. The Balaban J connectivity index is 1.79. The molecule has 0 fully saturated rings. The van der Waals surface area contributed by atoms with Crippen LogP contribution in [0.1, 0.15) is 32.3 Å². The van der Waals surface area contributed by atoms with Crippen LogP contribution < -0.4 is 20.9 Å². The molecule has 0 unspecified atom stereocenters. The van der Waals surface area contributed by atoms with E-state index in [1.165, 1.54) is 10.8 Å². The summed E-state index contributed by atoms with van der Waals surface area (Å²) in [5.74, 6) is 0.647. The van der Waals surface area contributed by atoms with E-state index in [9.17, 15) is 14.4 Å². The molecule has 8 nitrogen and oxygen atoms in total. The van der Waals surface area contributed by atoms with Gasteiger partial charge in [0.15, 0.2) is 5.65 Å². The Morgan fingerprint density at radius 1 is 1.03 bits per heavy atom. The van der Waals surface area contributed by atoms with Crippen molar-refractivity contribution in [1.82, 2.24) is 14.1 Å². The summed E-state index contributed by atoms with van der Waals surface area (Å²) < 4.78 is 7.53. The summed E-state index contributed by atoms with van der Waals surface area (Å²) in [6.07, 6.45) is 1.52. The molecule has 2 aromatic carbocycles. The molecule has 0 radical (unpaired) electrons. The van der Waals surface area contributed by atoms with Crippen molar-refractivity contribution in [3.05, 3.63) is 93.3 Å². The van der Waals surface area contributed by atoms with Crippen molar-refractivity contribution in [3.8, 4) is 11.4 Å². The fraction of sp³-hybridized carbons (Fsp3) is 0.259. The van der Waals surface area contributed by atoms with Crippen LogP contribution in [0.3, 0.4) is 0 Å². The van der Waals surface area contributed by atoms with Crippen LogP contribution in [-0.2, 0) is 11.3 Å². The van der Waals surface area contributed by atoms with Crippen molar-refractivity contribution < 1.29 is 9.53 Å². The van der Waals surface area contributed by atoms with Gasteiger partial charge in [-0.1, -0.05) is 26.0 Å². The van der Waals surface area contributed by atoms with Crippen LogP contribution in [0, 0.1) is 0 Å². The van der Waals surface area contributed by atoms with E-state index in [0.29, 0.717) is 29.6 Å². The summed E-state index contributed by atoms with van der Waals surface area (Å²) in [5, 5.41) is 0.250. The number of methoxy groups -OCH3 is 1. The highest BCUT2D eigenvalue weighted by atomic mass is 16.5. The fourth-order valence-corrected chi connectivity index (χ4v) is 4.05. The summed E-state index contributed by atoms with van der Waals surface area (Å²) in [5.41, 5.74) is 1.43. The predicted molar refractivity (Wildman–Crippen MR) is 137 cm³/mol. The minimum Gasteiger partial charge on any atom is -0.497 e. The van der Waals surface area contributed by atoms with Gasteiger partial charge in [-0.3, -0.25) is 9.59 Å². The molecule has 8 heteroatoms. The maximum absolute atomic E-state index is 13.5. The number of pyridine rings is 1. The molecule has 0 bridgehead atoms. The van der Waals surface area contributed by atoms with Crippen LogP contribution in [-0.4, -0.2) is 33.7 Å². The predicted octanol–water partition coefficient (Wildman–Crippen LogP) is 3.73. The number of hydrogen-bond acceptors (Lipinski definition) is 5. The molecule has 2 heterocycles. The Bertz CT molecular complexity index is 1470. The molecule has 0 aliphatic rings. The highest BCUT2D eigenvalue weighted by Crippen LogP contribution is 2.21. The summed E-state index contributed by atoms with van der Waals surface area (Å²) in [6.45, 7) is 6.07. The number of carbonyl (C=O) groups excluding carboxylic acids is 1. The normalized spacial score (nSPS) is 11.1. The average Bonchev–Trinajstić information content (AvgIpc) is 2.88. The van der Waals surface area contributed by atoms with E-state index in [1.54, 1.807) is 48.4 Å².